The first-order valence-corrected chi connectivity index (χ1v) is 11.8. The van der Waals surface area contributed by atoms with E-state index in [4.69, 9.17) is 4.74 Å². The Morgan fingerprint density at radius 2 is 1.53 bits per heavy atom. The molecule has 0 spiro atoms. The van der Waals surface area contributed by atoms with E-state index in [9.17, 15) is 14.4 Å². The second-order valence-corrected chi connectivity index (χ2v) is 9.07. The van der Waals surface area contributed by atoms with Gasteiger partial charge in [0.2, 0.25) is 5.91 Å². The standard InChI is InChI=1S/C28H28N2O4/c1-34-28(33)25-17-21-8-2-3-9-22(21)18-30(25)26(31)20-13-15-29(16-14-20)27(32)24-12-6-10-19-7-4-5-11-23(19)24/h2-12,20,25H,13-18H2,1H3. The van der Waals surface area contributed by atoms with Crippen molar-refractivity contribution in [3.8, 4) is 0 Å². The number of rotatable bonds is 3. The molecule has 1 unspecified atom stereocenters. The maximum atomic E-state index is 13.5. The summed E-state index contributed by atoms with van der Waals surface area (Å²) in [6.07, 6.45) is 1.63. The van der Waals surface area contributed by atoms with Gasteiger partial charge in [0.1, 0.15) is 6.04 Å². The highest BCUT2D eigenvalue weighted by Gasteiger charge is 2.39. The Hall–Kier alpha value is -3.67. The molecule has 2 aliphatic rings. The van der Waals surface area contributed by atoms with E-state index >= 15 is 0 Å². The Morgan fingerprint density at radius 1 is 0.853 bits per heavy atom. The molecule has 0 aromatic heterocycles. The van der Waals surface area contributed by atoms with Gasteiger partial charge in [-0.05, 0) is 40.8 Å². The molecule has 0 saturated carbocycles. The van der Waals surface area contributed by atoms with Crippen molar-refractivity contribution in [3.63, 3.8) is 0 Å². The Bertz CT molecular complexity index is 1240. The summed E-state index contributed by atoms with van der Waals surface area (Å²) in [6, 6.07) is 21.0. The topological polar surface area (TPSA) is 66.9 Å². The van der Waals surface area contributed by atoms with E-state index in [1.54, 1.807) is 4.90 Å². The van der Waals surface area contributed by atoms with Crippen LogP contribution in [0.5, 0.6) is 0 Å². The van der Waals surface area contributed by atoms with Crippen molar-refractivity contribution in [2.75, 3.05) is 20.2 Å². The number of ether oxygens (including phenoxy) is 1. The van der Waals surface area contributed by atoms with Gasteiger partial charge in [-0.25, -0.2) is 4.79 Å². The molecule has 6 nitrogen and oxygen atoms in total. The van der Waals surface area contributed by atoms with Crippen LogP contribution in [0.15, 0.2) is 66.7 Å². The zero-order chi connectivity index (χ0) is 23.7. The normalized spacial score (nSPS) is 18.4. The third kappa shape index (κ3) is 4.04. The molecule has 1 fully saturated rings. The van der Waals surface area contributed by atoms with E-state index in [2.05, 4.69) is 0 Å². The van der Waals surface area contributed by atoms with Gasteiger partial charge in [0.05, 0.1) is 7.11 Å². The second kappa shape index (κ2) is 9.29. The molecule has 34 heavy (non-hydrogen) atoms. The van der Waals surface area contributed by atoms with Crippen LogP contribution in [0, 0.1) is 5.92 Å². The van der Waals surface area contributed by atoms with Gasteiger partial charge in [-0.3, -0.25) is 9.59 Å². The molecule has 2 amide bonds. The number of carbonyl (C=O) groups is 3. The van der Waals surface area contributed by atoms with Gasteiger partial charge in [-0.15, -0.1) is 0 Å². The number of piperidine rings is 1. The van der Waals surface area contributed by atoms with Crippen molar-refractivity contribution in [2.24, 2.45) is 5.92 Å². The highest BCUT2D eigenvalue weighted by molar-refractivity contribution is 6.07. The number of hydrogen-bond acceptors (Lipinski definition) is 4. The summed E-state index contributed by atoms with van der Waals surface area (Å²) in [5, 5.41) is 1.98. The van der Waals surface area contributed by atoms with Crippen molar-refractivity contribution in [2.45, 2.75) is 31.8 Å². The van der Waals surface area contributed by atoms with Gasteiger partial charge < -0.3 is 14.5 Å². The zero-order valence-electron chi connectivity index (χ0n) is 19.3. The van der Waals surface area contributed by atoms with Gasteiger partial charge in [-0.1, -0.05) is 60.7 Å². The van der Waals surface area contributed by atoms with E-state index in [0.29, 0.717) is 44.5 Å². The second-order valence-electron chi connectivity index (χ2n) is 9.07. The maximum Gasteiger partial charge on any atom is 0.328 e. The molecule has 174 valence electrons. The highest BCUT2D eigenvalue weighted by Crippen LogP contribution is 2.29. The van der Waals surface area contributed by atoms with Crippen LogP contribution in [0.25, 0.3) is 10.8 Å². The van der Waals surface area contributed by atoms with E-state index in [1.165, 1.54) is 7.11 Å². The number of carbonyl (C=O) groups excluding carboxylic acids is 3. The fourth-order valence-electron chi connectivity index (χ4n) is 5.25. The largest absolute Gasteiger partial charge is 0.467 e. The molecule has 0 aliphatic carbocycles. The Morgan fingerprint density at radius 3 is 2.29 bits per heavy atom. The van der Waals surface area contributed by atoms with Crippen LogP contribution in [0.3, 0.4) is 0 Å². The van der Waals surface area contributed by atoms with E-state index in [0.717, 1.165) is 21.9 Å². The number of hydrogen-bond donors (Lipinski definition) is 0. The summed E-state index contributed by atoms with van der Waals surface area (Å²) < 4.78 is 5.02. The van der Waals surface area contributed by atoms with Crippen molar-refractivity contribution in [1.29, 1.82) is 0 Å². The van der Waals surface area contributed by atoms with Crippen LogP contribution in [0.2, 0.25) is 0 Å². The lowest BCUT2D eigenvalue weighted by Crippen LogP contribution is -2.52. The number of esters is 1. The summed E-state index contributed by atoms with van der Waals surface area (Å²) >= 11 is 0. The lowest BCUT2D eigenvalue weighted by molar-refractivity contribution is -0.156. The summed E-state index contributed by atoms with van der Waals surface area (Å²) in [5.74, 6) is -0.621. The third-order valence-corrected chi connectivity index (χ3v) is 7.16. The number of likely N-dealkylation sites (tertiary alicyclic amines) is 1. The lowest BCUT2D eigenvalue weighted by atomic mass is 9.89. The van der Waals surface area contributed by atoms with Gasteiger partial charge in [0.25, 0.3) is 5.91 Å². The molecule has 3 aromatic rings. The smallest absolute Gasteiger partial charge is 0.328 e. The van der Waals surface area contributed by atoms with E-state index < -0.39 is 6.04 Å². The van der Waals surface area contributed by atoms with Gasteiger partial charge >= 0.3 is 5.97 Å². The molecule has 0 bridgehead atoms. The van der Waals surface area contributed by atoms with Crippen molar-refractivity contribution in [3.05, 3.63) is 83.4 Å². The quantitative estimate of drug-likeness (QED) is 0.562. The number of benzene rings is 3. The van der Waals surface area contributed by atoms with Crippen molar-refractivity contribution in [1.82, 2.24) is 9.80 Å². The predicted octanol–water partition coefficient (Wildman–Crippen LogP) is 3.82. The zero-order valence-corrected chi connectivity index (χ0v) is 19.3. The molecule has 2 aliphatic heterocycles. The molecule has 1 atom stereocenters. The van der Waals surface area contributed by atoms with Crippen LogP contribution < -0.4 is 0 Å². The van der Waals surface area contributed by atoms with E-state index in [-0.39, 0.29) is 23.7 Å². The molecule has 0 radical (unpaired) electrons. The maximum absolute atomic E-state index is 13.5. The first-order valence-electron chi connectivity index (χ1n) is 11.8. The van der Waals surface area contributed by atoms with Crippen LogP contribution in [0.1, 0.15) is 34.3 Å². The van der Waals surface area contributed by atoms with E-state index in [1.807, 2.05) is 71.6 Å². The Labute approximate surface area is 199 Å². The fraction of sp³-hybridized carbons (Fsp3) is 0.321. The van der Waals surface area contributed by atoms with Gasteiger partial charge in [0, 0.05) is 37.5 Å². The summed E-state index contributed by atoms with van der Waals surface area (Å²) in [6.45, 7) is 1.45. The summed E-state index contributed by atoms with van der Waals surface area (Å²) in [5.41, 5.74) is 2.85. The molecular formula is C28H28N2O4. The first kappa shape index (κ1) is 22.1. The SMILES string of the molecule is COC(=O)C1Cc2ccccc2CN1C(=O)C1CCN(C(=O)c2cccc3ccccc23)CC1. The number of amides is 2. The monoisotopic (exact) mass is 456 g/mol. The van der Waals surface area contributed by atoms with Crippen LogP contribution in [-0.2, 0) is 27.3 Å². The third-order valence-electron chi connectivity index (χ3n) is 7.16. The number of methoxy groups -OCH3 is 1. The summed E-state index contributed by atoms with van der Waals surface area (Å²) in [7, 11) is 1.36. The van der Waals surface area contributed by atoms with Crippen LogP contribution >= 0.6 is 0 Å². The molecule has 0 N–H and O–H groups in total. The van der Waals surface area contributed by atoms with Crippen molar-refractivity contribution < 1.29 is 19.1 Å². The average Bonchev–Trinajstić information content (AvgIpc) is 2.90. The van der Waals surface area contributed by atoms with Crippen LogP contribution in [-0.4, -0.2) is 53.8 Å². The minimum atomic E-state index is -0.609. The Balaban J connectivity index is 1.30. The van der Waals surface area contributed by atoms with Crippen LogP contribution in [0.4, 0.5) is 0 Å². The summed E-state index contributed by atoms with van der Waals surface area (Å²) in [4.78, 5) is 42.8. The molecule has 2 heterocycles. The van der Waals surface area contributed by atoms with Gasteiger partial charge in [-0.2, -0.15) is 0 Å². The fourth-order valence-corrected chi connectivity index (χ4v) is 5.25. The molecule has 5 rings (SSSR count). The molecule has 6 heteroatoms. The number of fused-ring (bicyclic) bond motifs is 2. The molecular weight excluding hydrogens is 428 g/mol. The average molecular weight is 457 g/mol. The highest BCUT2D eigenvalue weighted by atomic mass is 16.5. The minimum absolute atomic E-state index is 0.00189. The Kier molecular flexibility index (Phi) is 6.05. The van der Waals surface area contributed by atoms with Gasteiger partial charge in [0.15, 0.2) is 0 Å². The number of nitrogens with zero attached hydrogens (tertiary/aromatic N) is 2. The molecule has 1 saturated heterocycles. The predicted molar refractivity (Wildman–Crippen MR) is 129 cm³/mol. The molecule has 3 aromatic carbocycles. The van der Waals surface area contributed by atoms with Crippen molar-refractivity contribution >= 4 is 28.6 Å². The first-order chi connectivity index (χ1) is 16.6. The minimum Gasteiger partial charge on any atom is -0.467 e. The lowest BCUT2D eigenvalue weighted by Gasteiger charge is -2.39.